The van der Waals surface area contributed by atoms with E-state index in [1.807, 2.05) is 26.0 Å². The number of rotatable bonds is 6. The van der Waals surface area contributed by atoms with Gasteiger partial charge >= 0.3 is 0 Å². The highest BCUT2D eigenvalue weighted by Gasteiger charge is 2.11. The summed E-state index contributed by atoms with van der Waals surface area (Å²) >= 11 is 12.1. The van der Waals surface area contributed by atoms with Gasteiger partial charge in [0.05, 0.1) is 12.6 Å². The number of aromatic nitrogens is 2. The van der Waals surface area contributed by atoms with Gasteiger partial charge in [0.2, 0.25) is 11.8 Å². The molecule has 1 N–H and O–H groups in total. The maximum Gasteiger partial charge on any atom is 0.226 e. The van der Waals surface area contributed by atoms with Gasteiger partial charge < -0.3 is 10.1 Å². The normalized spacial score (nSPS) is 12.0. The van der Waals surface area contributed by atoms with Crippen LogP contribution in [-0.2, 0) is 0 Å². The molecule has 1 aromatic heterocycles. The third-order valence-electron chi connectivity index (χ3n) is 2.86. The van der Waals surface area contributed by atoms with Gasteiger partial charge in [-0.1, -0.05) is 36.2 Å². The lowest BCUT2D eigenvalue weighted by molar-refractivity contribution is 0.305. The Bertz CT molecular complexity index is 607. The second-order valence-corrected chi connectivity index (χ2v) is 5.44. The minimum atomic E-state index is -0.0452. The van der Waals surface area contributed by atoms with Crippen molar-refractivity contribution < 1.29 is 4.74 Å². The Balaban J connectivity index is 2.10. The van der Waals surface area contributed by atoms with Crippen LogP contribution in [0.25, 0.3) is 0 Å². The Morgan fingerprint density at radius 2 is 2.10 bits per heavy atom. The average Bonchev–Trinajstić information content (AvgIpc) is 2.45. The molecule has 0 aliphatic carbocycles. The van der Waals surface area contributed by atoms with Crippen LogP contribution < -0.4 is 10.1 Å². The standard InChI is InChI=1S/C15H17Cl2N3O/c1-3-8-21-14-6-7-18-15(20-14)19-10(2)12-5-4-11(16)9-13(12)17/h4-7,9-10H,3,8H2,1-2H3,(H,18,19,20). The molecule has 1 atom stereocenters. The molecule has 21 heavy (non-hydrogen) atoms. The van der Waals surface area contributed by atoms with Gasteiger partial charge in [-0.2, -0.15) is 4.98 Å². The van der Waals surface area contributed by atoms with E-state index < -0.39 is 0 Å². The fourth-order valence-corrected chi connectivity index (χ4v) is 2.39. The molecule has 6 heteroatoms. The largest absolute Gasteiger partial charge is 0.478 e. The fraction of sp³-hybridized carbons (Fsp3) is 0.333. The monoisotopic (exact) mass is 325 g/mol. The van der Waals surface area contributed by atoms with Crippen LogP contribution in [-0.4, -0.2) is 16.6 Å². The summed E-state index contributed by atoms with van der Waals surface area (Å²) in [5.41, 5.74) is 0.935. The van der Waals surface area contributed by atoms with E-state index in [0.29, 0.717) is 28.5 Å². The molecule has 1 unspecified atom stereocenters. The summed E-state index contributed by atoms with van der Waals surface area (Å²) in [5, 5.41) is 4.43. The Hall–Kier alpha value is -1.52. The summed E-state index contributed by atoms with van der Waals surface area (Å²) in [5.74, 6) is 1.06. The lowest BCUT2D eigenvalue weighted by Crippen LogP contribution is -2.10. The molecule has 0 fully saturated rings. The number of anilines is 1. The van der Waals surface area contributed by atoms with E-state index in [0.717, 1.165) is 12.0 Å². The molecule has 0 amide bonds. The first-order chi connectivity index (χ1) is 10.1. The number of hydrogen-bond acceptors (Lipinski definition) is 4. The van der Waals surface area contributed by atoms with E-state index in [-0.39, 0.29) is 6.04 Å². The highest BCUT2D eigenvalue weighted by molar-refractivity contribution is 6.35. The Kier molecular flexibility index (Phi) is 5.65. The molecule has 0 spiro atoms. The van der Waals surface area contributed by atoms with Crippen molar-refractivity contribution in [3.8, 4) is 5.88 Å². The molecule has 112 valence electrons. The SMILES string of the molecule is CCCOc1ccnc(NC(C)c2ccc(Cl)cc2Cl)n1. The number of nitrogens with one attached hydrogen (secondary N) is 1. The highest BCUT2D eigenvalue weighted by atomic mass is 35.5. The van der Waals surface area contributed by atoms with Gasteiger partial charge in [-0.15, -0.1) is 0 Å². The molecule has 0 radical (unpaired) electrons. The molecule has 2 aromatic rings. The topological polar surface area (TPSA) is 47.0 Å². The van der Waals surface area contributed by atoms with Crippen molar-refractivity contribution in [3.05, 3.63) is 46.1 Å². The lowest BCUT2D eigenvalue weighted by Gasteiger charge is -2.16. The molecule has 0 aliphatic heterocycles. The number of halogens is 2. The van der Waals surface area contributed by atoms with Crippen LogP contribution in [0.15, 0.2) is 30.5 Å². The minimum absolute atomic E-state index is 0.0452. The van der Waals surface area contributed by atoms with Crippen LogP contribution in [0.4, 0.5) is 5.95 Å². The van der Waals surface area contributed by atoms with Gasteiger partial charge in [-0.25, -0.2) is 4.98 Å². The summed E-state index contributed by atoms with van der Waals surface area (Å²) in [6.45, 7) is 4.66. The van der Waals surface area contributed by atoms with Crippen LogP contribution in [0.2, 0.25) is 10.0 Å². The van der Waals surface area contributed by atoms with Crippen LogP contribution in [0.3, 0.4) is 0 Å². The van der Waals surface area contributed by atoms with Gasteiger partial charge in [-0.3, -0.25) is 0 Å². The van der Waals surface area contributed by atoms with Crippen LogP contribution in [0.1, 0.15) is 31.9 Å². The van der Waals surface area contributed by atoms with Crippen LogP contribution in [0.5, 0.6) is 5.88 Å². The summed E-state index contributed by atoms with van der Waals surface area (Å²) in [6.07, 6.45) is 2.60. The quantitative estimate of drug-likeness (QED) is 0.832. The van der Waals surface area contributed by atoms with Crippen molar-refractivity contribution in [3.63, 3.8) is 0 Å². The molecule has 1 aromatic carbocycles. The Labute approximate surface area is 134 Å². The smallest absolute Gasteiger partial charge is 0.226 e. The molecule has 1 heterocycles. The zero-order chi connectivity index (χ0) is 15.2. The van der Waals surface area contributed by atoms with Crippen molar-refractivity contribution in [1.29, 1.82) is 0 Å². The van der Waals surface area contributed by atoms with Crippen molar-refractivity contribution in [2.75, 3.05) is 11.9 Å². The first-order valence-electron chi connectivity index (χ1n) is 6.77. The zero-order valence-electron chi connectivity index (χ0n) is 11.9. The van der Waals surface area contributed by atoms with Gasteiger partial charge in [0.25, 0.3) is 0 Å². The predicted octanol–water partition coefficient (Wildman–Crippen LogP) is 4.75. The number of nitrogens with zero attached hydrogens (tertiary/aromatic N) is 2. The molecular weight excluding hydrogens is 309 g/mol. The van der Waals surface area contributed by atoms with E-state index in [1.54, 1.807) is 18.3 Å². The Morgan fingerprint density at radius 1 is 1.29 bits per heavy atom. The maximum absolute atomic E-state index is 6.20. The van der Waals surface area contributed by atoms with Crippen LogP contribution in [0, 0.1) is 0 Å². The van der Waals surface area contributed by atoms with Crippen molar-refractivity contribution in [1.82, 2.24) is 9.97 Å². The third-order valence-corrected chi connectivity index (χ3v) is 3.42. The molecule has 0 bridgehead atoms. The van der Waals surface area contributed by atoms with Crippen molar-refractivity contribution in [2.45, 2.75) is 26.3 Å². The van der Waals surface area contributed by atoms with E-state index in [1.165, 1.54) is 0 Å². The van der Waals surface area contributed by atoms with Gasteiger partial charge in [0.15, 0.2) is 0 Å². The van der Waals surface area contributed by atoms with E-state index in [2.05, 4.69) is 15.3 Å². The first kappa shape index (κ1) is 15.9. The van der Waals surface area contributed by atoms with Gasteiger partial charge in [0.1, 0.15) is 0 Å². The summed E-state index contributed by atoms with van der Waals surface area (Å²) in [4.78, 5) is 8.50. The average molecular weight is 326 g/mol. The molecule has 0 aliphatic rings. The molecule has 0 saturated heterocycles. The summed E-state index contributed by atoms with van der Waals surface area (Å²) in [7, 11) is 0. The lowest BCUT2D eigenvalue weighted by atomic mass is 10.1. The molecule has 4 nitrogen and oxygen atoms in total. The summed E-state index contributed by atoms with van der Waals surface area (Å²) < 4.78 is 5.49. The van der Waals surface area contributed by atoms with E-state index in [9.17, 15) is 0 Å². The Morgan fingerprint density at radius 3 is 2.81 bits per heavy atom. The maximum atomic E-state index is 6.20. The molecule has 0 saturated carbocycles. The molecule has 2 rings (SSSR count). The minimum Gasteiger partial charge on any atom is -0.478 e. The second-order valence-electron chi connectivity index (χ2n) is 4.60. The molecular formula is C15H17Cl2N3O. The van der Waals surface area contributed by atoms with Crippen molar-refractivity contribution in [2.24, 2.45) is 0 Å². The van der Waals surface area contributed by atoms with Gasteiger partial charge in [0, 0.05) is 22.3 Å². The fourth-order valence-electron chi connectivity index (χ4n) is 1.82. The predicted molar refractivity (Wildman–Crippen MR) is 86.3 cm³/mol. The zero-order valence-corrected chi connectivity index (χ0v) is 13.4. The third kappa shape index (κ3) is 4.48. The van der Waals surface area contributed by atoms with Gasteiger partial charge in [-0.05, 0) is 31.0 Å². The first-order valence-corrected chi connectivity index (χ1v) is 7.53. The van der Waals surface area contributed by atoms with Crippen LogP contribution >= 0.6 is 23.2 Å². The van der Waals surface area contributed by atoms with E-state index in [4.69, 9.17) is 27.9 Å². The number of ether oxygens (including phenoxy) is 1. The van der Waals surface area contributed by atoms with E-state index >= 15 is 0 Å². The second kappa shape index (κ2) is 7.48. The number of hydrogen-bond donors (Lipinski definition) is 1. The highest BCUT2D eigenvalue weighted by Crippen LogP contribution is 2.27. The summed E-state index contributed by atoms with van der Waals surface area (Å²) in [6, 6.07) is 7.11. The van der Waals surface area contributed by atoms with Crippen molar-refractivity contribution >= 4 is 29.2 Å². The number of benzene rings is 1.